The highest BCUT2D eigenvalue weighted by Crippen LogP contribution is 2.19. The van der Waals surface area contributed by atoms with Crippen LogP contribution in [-0.4, -0.2) is 27.5 Å². The Hall–Kier alpha value is -4.40. The molecule has 0 radical (unpaired) electrons. The maximum Gasteiger partial charge on any atom is 0.338 e. The lowest BCUT2D eigenvalue weighted by Crippen LogP contribution is -2.30. The first-order chi connectivity index (χ1) is 16.3. The molecule has 0 aliphatic heterocycles. The average molecular weight is 461 g/mol. The zero-order chi connectivity index (χ0) is 24.2. The highest BCUT2D eigenvalue weighted by Gasteiger charge is 2.18. The number of esters is 1. The molecule has 0 spiro atoms. The van der Waals surface area contributed by atoms with E-state index in [0.29, 0.717) is 28.5 Å². The summed E-state index contributed by atoms with van der Waals surface area (Å²) in [6, 6.07) is 16.7. The molecule has 4 rings (SSSR count). The zero-order valence-corrected chi connectivity index (χ0v) is 18.9. The van der Waals surface area contributed by atoms with Crippen LogP contribution in [0.25, 0.3) is 5.65 Å². The van der Waals surface area contributed by atoms with E-state index in [1.54, 1.807) is 44.2 Å². The van der Waals surface area contributed by atoms with Crippen LogP contribution in [-0.2, 0) is 16.1 Å². The molecule has 0 unspecified atom stereocenters. The van der Waals surface area contributed by atoms with Crippen LogP contribution >= 0.6 is 0 Å². The van der Waals surface area contributed by atoms with E-state index in [2.05, 4.69) is 10.3 Å². The molecule has 0 aliphatic rings. The first kappa shape index (κ1) is 22.8. The van der Waals surface area contributed by atoms with Gasteiger partial charge < -0.3 is 19.3 Å². The number of para-hydroxylation sites is 1. The van der Waals surface area contributed by atoms with Gasteiger partial charge in [-0.2, -0.15) is 0 Å². The van der Waals surface area contributed by atoms with Gasteiger partial charge in [-0.15, -0.1) is 4.57 Å². The first-order valence-electron chi connectivity index (χ1n) is 10.6. The third kappa shape index (κ3) is 5.15. The fourth-order valence-electron chi connectivity index (χ4n) is 3.25. The third-order valence-corrected chi connectivity index (χ3v) is 5.03. The molecule has 0 fully saturated rings. The number of ether oxygens (including phenoxy) is 2. The van der Waals surface area contributed by atoms with Crippen LogP contribution in [0.3, 0.4) is 0 Å². The van der Waals surface area contributed by atoms with Crippen molar-refractivity contribution in [1.82, 2.24) is 9.56 Å². The molecule has 0 saturated heterocycles. The zero-order valence-electron chi connectivity index (χ0n) is 18.9. The summed E-state index contributed by atoms with van der Waals surface area (Å²) in [6.07, 6.45) is -0.746. The molecule has 0 aliphatic carbocycles. The predicted molar refractivity (Wildman–Crippen MR) is 124 cm³/mol. The summed E-state index contributed by atoms with van der Waals surface area (Å²) in [5, 5.41) is 2.79. The molecule has 1 N–H and O–H groups in total. The molecular formula is C25H23N3O6. The van der Waals surface area contributed by atoms with E-state index < -0.39 is 17.6 Å². The van der Waals surface area contributed by atoms with Gasteiger partial charge in [0.05, 0.1) is 11.3 Å². The average Bonchev–Trinajstić information content (AvgIpc) is 3.20. The molecule has 9 heteroatoms. The van der Waals surface area contributed by atoms with Crippen LogP contribution in [0.1, 0.15) is 34.3 Å². The van der Waals surface area contributed by atoms with Gasteiger partial charge in [0.2, 0.25) is 0 Å². The number of fused-ring (bicyclic) bond motifs is 1. The van der Waals surface area contributed by atoms with Gasteiger partial charge in [-0.05, 0) is 50.6 Å². The minimum Gasteiger partial charge on any atom is -0.481 e. The summed E-state index contributed by atoms with van der Waals surface area (Å²) < 4.78 is 17.3. The molecule has 2 aromatic carbocycles. The Bertz CT molecular complexity index is 1410. The van der Waals surface area contributed by atoms with Gasteiger partial charge in [-0.1, -0.05) is 24.3 Å². The number of carbonyl (C=O) groups is 2. The Morgan fingerprint density at radius 3 is 2.62 bits per heavy atom. The molecule has 1 atom stereocenters. The van der Waals surface area contributed by atoms with E-state index in [1.807, 2.05) is 25.1 Å². The van der Waals surface area contributed by atoms with Crippen molar-refractivity contribution < 1.29 is 23.6 Å². The molecule has 0 saturated carbocycles. The van der Waals surface area contributed by atoms with E-state index in [9.17, 15) is 14.4 Å². The van der Waals surface area contributed by atoms with E-state index in [1.165, 1.54) is 12.1 Å². The smallest absolute Gasteiger partial charge is 0.338 e. The fourth-order valence-corrected chi connectivity index (χ4v) is 3.25. The molecule has 2 heterocycles. The number of aryl methyl sites for hydroxylation is 2. The number of nitrogens with zero attached hydrogens (tertiary/aromatic N) is 2. The first-order valence-corrected chi connectivity index (χ1v) is 10.6. The minimum atomic E-state index is -0.746. The summed E-state index contributed by atoms with van der Waals surface area (Å²) in [7, 11) is 0. The summed E-state index contributed by atoms with van der Waals surface area (Å²) in [5.74, 6) is 0.146. The van der Waals surface area contributed by atoms with Gasteiger partial charge in [0.25, 0.3) is 11.5 Å². The SMILES string of the molecule is Cc1cc2nc(COC(=O)c3ccc(C)c(NC(=O)[C@H](C)Oc4ccccc4)c3)cc(=O)n2o1. The normalized spacial score (nSPS) is 11.7. The Morgan fingerprint density at radius 2 is 1.85 bits per heavy atom. The summed E-state index contributed by atoms with van der Waals surface area (Å²) in [6.45, 7) is 4.97. The van der Waals surface area contributed by atoms with Crippen LogP contribution in [0.5, 0.6) is 5.75 Å². The summed E-state index contributed by atoms with van der Waals surface area (Å²) >= 11 is 0. The van der Waals surface area contributed by atoms with Crippen LogP contribution in [0.4, 0.5) is 5.69 Å². The predicted octanol–water partition coefficient (Wildman–Crippen LogP) is 3.67. The van der Waals surface area contributed by atoms with Gasteiger partial charge in [-0.25, -0.2) is 9.78 Å². The van der Waals surface area contributed by atoms with Crippen LogP contribution in [0.15, 0.2) is 70.0 Å². The second-order valence-corrected chi connectivity index (χ2v) is 7.75. The quantitative estimate of drug-likeness (QED) is 0.418. The highest BCUT2D eigenvalue weighted by atomic mass is 16.5. The van der Waals surface area contributed by atoms with Gasteiger partial charge in [0.1, 0.15) is 18.1 Å². The number of benzene rings is 2. The standard InChI is InChI=1S/C25H23N3O6/c1-15-9-10-18(12-21(15)27-24(30)17(3)33-20-7-5-4-6-8-20)25(31)32-14-19-13-23(29)28-22(26-19)11-16(2)34-28/h4-13,17H,14H2,1-3H3,(H,27,30)/t17-/m0/s1. The van der Waals surface area contributed by atoms with Crippen LogP contribution < -0.4 is 15.6 Å². The topological polar surface area (TPSA) is 112 Å². The number of hydrogen-bond donors (Lipinski definition) is 1. The number of anilines is 1. The number of rotatable bonds is 7. The molecule has 2 aromatic heterocycles. The summed E-state index contributed by atoms with van der Waals surface area (Å²) in [5.41, 5.74) is 1.71. The van der Waals surface area contributed by atoms with Crippen molar-refractivity contribution in [2.75, 3.05) is 5.32 Å². The number of aromatic nitrogens is 2. The van der Waals surface area contributed by atoms with Gasteiger partial charge in [-0.3, -0.25) is 9.59 Å². The van der Waals surface area contributed by atoms with Crippen LogP contribution in [0, 0.1) is 13.8 Å². The monoisotopic (exact) mass is 461 g/mol. The van der Waals surface area contributed by atoms with Crippen molar-refractivity contribution in [2.45, 2.75) is 33.5 Å². The molecular weight excluding hydrogens is 438 g/mol. The molecule has 174 valence electrons. The fraction of sp³-hybridized carbons (Fsp3) is 0.200. The van der Waals surface area contributed by atoms with Crippen molar-refractivity contribution in [2.24, 2.45) is 0 Å². The van der Waals surface area contributed by atoms with E-state index in [-0.39, 0.29) is 18.1 Å². The lowest BCUT2D eigenvalue weighted by atomic mass is 10.1. The molecule has 1 amide bonds. The second kappa shape index (κ2) is 9.62. The van der Waals surface area contributed by atoms with Crippen molar-refractivity contribution in [1.29, 1.82) is 0 Å². The van der Waals surface area contributed by atoms with Gasteiger partial charge in [0, 0.05) is 17.8 Å². The van der Waals surface area contributed by atoms with Gasteiger partial charge >= 0.3 is 5.97 Å². The largest absolute Gasteiger partial charge is 0.481 e. The third-order valence-electron chi connectivity index (χ3n) is 5.03. The molecule has 4 aromatic rings. The maximum atomic E-state index is 12.6. The van der Waals surface area contributed by atoms with Gasteiger partial charge in [0.15, 0.2) is 11.8 Å². The molecule has 9 nitrogen and oxygen atoms in total. The number of amides is 1. The molecule has 34 heavy (non-hydrogen) atoms. The highest BCUT2D eigenvalue weighted by molar-refractivity contribution is 5.97. The summed E-state index contributed by atoms with van der Waals surface area (Å²) in [4.78, 5) is 41.6. The van der Waals surface area contributed by atoms with E-state index in [0.717, 1.165) is 10.1 Å². The van der Waals surface area contributed by atoms with Crippen molar-refractivity contribution in [3.63, 3.8) is 0 Å². The number of nitrogens with one attached hydrogen (secondary N) is 1. The Labute approximate surface area is 194 Å². The van der Waals surface area contributed by atoms with Crippen molar-refractivity contribution >= 4 is 23.2 Å². The Morgan fingerprint density at radius 1 is 1.09 bits per heavy atom. The maximum absolute atomic E-state index is 12.6. The Kier molecular flexibility index (Phi) is 6.44. The number of hydrogen-bond acceptors (Lipinski definition) is 7. The van der Waals surface area contributed by atoms with Crippen molar-refractivity contribution in [3.8, 4) is 5.75 Å². The lowest BCUT2D eigenvalue weighted by molar-refractivity contribution is -0.122. The number of carbonyl (C=O) groups excluding carboxylic acids is 2. The van der Waals surface area contributed by atoms with E-state index in [4.69, 9.17) is 14.0 Å². The minimum absolute atomic E-state index is 0.188. The second-order valence-electron chi connectivity index (χ2n) is 7.75. The van der Waals surface area contributed by atoms with Crippen LogP contribution in [0.2, 0.25) is 0 Å². The lowest BCUT2D eigenvalue weighted by Gasteiger charge is -2.16. The van der Waals surface area contributed by atoms with Crippen molar-refractivity contribution in [3.05, 3.63) is 93.6 Å². The Balaban J connectivity index is 1.42. The van der Waals surface area contributed by atoms with E-state index >= 15 is 0 Å². The molecule has 0 bridgehead atoms.